The number of ether oxygens (including phenoxy) is 2. The fourth-order valence-electron chi connectivity index (χ4n) is 8.65. The molecule has 8 heterocycles. The van der Waals surface area contributed by atoms with E-state index < -0.39 is 23.1 Å². The van der Waals surface area contributed by atoms with Crippen molar-refractivity contribution in [3.63, 3.8) is 0 Å². The molecule has 2 atom stereocenters. The lowest BCUT2D eigenvalue weighted by molar-refractivity contribution is 0.00613. The van der Waals surface area contributed by atoms with Crippen LogP contribution < -0.4 is 20.9 Å². The summed E-state index contributed by atoms with van der Waals surface area (Å²) in [5.41, 5.74) is 1.52. The van der Waals surface area contributed by atoms with Crippen molar-refractivity contribution in [2.24, 2.45) is 0 Å². The highest BCUT2D eigenvalue weighted by molar-refractivity contribution is 7.18. The summed E-state index contributed by atoms with van der Waals surface area (Å²) in [6, 6.07) is 15.4. The predicted octanol–water partition coefficient (Wildman–Crippen LogP) is 10.1. The summed E-state index contributed by atoms with van der Waals surface area (Å²) in [5, 5.41) is 22.6. The second kappa shape index (κ2) is 21.9. The Morgan fingerprint density at radius 1 is 0.649 bits per heavy atom. The van der Waals surface area contributed by atoms with E-state index in [0.717, 1.165) is 79.8 Å². The number of rotatable bonds is 10. The van der Waals surface area contributed by atoms with E-state index in [-0.39, 0.29) is 24.1 Å². The molecule has 22 nitrogen and oxygen atoms in total. The molecule has 24 heteroatoms. The molecule has 2 saturated heterocycles. The van der Waals surface area contributed by atoms with Crippen molar-refractivity contribution < 1.29 is 37.7 Å². The maximum Gasteiger partial charge on any atom is 0.350 e. The smallest absolute Gasteiger partial charge is 0.350 e. The van der Waals surface area contributed by atoms with Crippen LogP contribution in [-0.4, -0.2) is 131 Å². The quantitative estimate of drug-likeness (QED) is 0.108. The summed E-state index contributed by atoms with van der Waals surface area (Å²) in [7, 11) is 1.67. The Balaban J connectivity index is 0.000000188. The van der Waals surface area contributed by atoms with Crippen LogP contribution in [0.1, 0.15) is 96.9 Å². The van der Waals surface area contributed by atoms with Crippen LogP contribution in [0.3, 0.4) is 0 Å². The highest BCUT2D eigenvalue weighted by atomic mass is 32.1. The van der Waals surface area contributed by atoms with E-state index in [2.05, 4.69) is 56.2 Å². The number of nitrogens with one attached hydrogen (secondary N) is 3. The molecule has 8 aromatic rings. The van der Waals surface area contributed by atoms with Gasteiger partial charge in [-0.2, -0.15) is 9.97 Å². The average Bonchev–Trinajstić information content (AvgIpc) is 4.26. The largest absolute Gasteiger partial charge is 0.456 e. The maximum absolute atomic E-state index is 13.3. The Labute approximate surface area is 452 Å². The van der Waals surface area contributed by atoms with Crippen molar-refractivity contribution in [3.05, 3.63) is 93.8 Å². The average molecular weight is 1090 g/mol. The number of thiazole rings is 2. The number of carbonyl (C=O) groups excluding carboxylic acids is 4. The van der Waals surface area contributed by atoms with Crippen LogP contribution in [0, 0.1) is 27.7 Å². The SMILES string of the molecule is Cc1nc(-c2ccc3ccnc(N[C@H]4CCN(C(=O)N(C)c5nc(C)c(C(=O)OC(C)(C)C)s5)C4)c3c2)no1.Cc1nc(-c2ccc3ccnc(N[C@H]4CCN(C(=O)Nc5nc(C)c(C(=O)OC(C)(C)C)s5)C4)c3c2)no1. The van der Waals surface area contributed by atoms with Gasteiger partial charge in [-0.05, 0) is 103 Å². The number of pyridine rings is 2. The summed E-state index contributed by atoms with van der Waals surface area (Å²) < 4.78 is 21.2. The molecule has 0 saturated carbocycles. The maximum atomic E-state index is 13.3. The molecule has 4 amide bonds. The zero-order valence-corrected chi connectivity index (χ0v) is 46.3. The molecular formula is C53H60N14O8S2. The lowest BCUT2D eigenvalue weighted by atomic mass is 10.1. The van der Waals surface area contributed by atoms with E-state index >= 15 is 0 Å². The van der Waals surface area contributed by atoms with Gasteiger partial charge in [0, 0.05) is 93.5 Å². The molecule has 0 unspecified atom stereocenters. The lowest BCUT2D eigenvalue weighted by Crippen LogP contribution is -2.41. The van der Waals surface area contributed by atoms with Gasteiger partial charge in [-0.15, -0.1) is 0 Å². The molecule has 0 spiro atoms. The number of hydrogen-bond donors (Lipinski definition) is 3. The van der Waals surface area contributed by atoms with Gasteiger partial charge >= 0.3 is 24.0 Å². The number of anilines is 4. The molecule has 402 valence electrons. The molecule has 77 heavy (non-hydrogen) atoms. The number of benzene rings is 2. The first-order valence-electron chi connectivity index (χ1n) is 25.0. The van der Waals surface area contributed by atoms with Crippen molar-refractivity contribution in [2.75, 3.05) is 54.1 Å². The molecule has 2 fully saturated rings. The van der Waals surface area contributed by atoms with Gasteiger partial charge in [-0.25, -0.2) is 39.1 Å². The van der Waals surface area contributed by atoms with Gasteiger partial charge in [-0.1, -0.05) is 57.3 Å². The number of aromatic nitrogens is 8. The van der Waals surface area contributed by atoms with Crippen LogP contribution in [0.4, 0.5) is 31.5 Å². The second-order valence-corrected chi connectivity index (χ2v) is 22.7. The molecule has 2 aliphatic rings. The highest BCUT2D eigenvalue weighted by Gasteiger charge is 2.33. The van der Waals surface area contributed by atoms with Crippen molar-refractivity contribution in [1.82, 2.24) is 50.0 Å². The number of amides is 4. The molecule has 0 bridgehead atoms. The van der Waals surface area contributed by atoms with E-state index in [0.29, 0.717) is 81.0 Å². The molecule has 0 radical (unpaired) electrons. The van der Waals surface area contributed by atoms with E-state index in [1.807, 2.05) is 90.1 Å². The number of fused-ring (bicyclic) bond motifs is 2. The van der Waals surface area contributed by atoms with Gasteiger partial charge in [-0.3, -0.25) is 10.2 Å². The van der Waals surface area contributed by atoms with E-state index in [4.69, 9.17) is 18.5 Å². The van der Waals surface area contributed by atoms with Crippen LogP contribution >= 0.6 is 22.7 Å². The van der Waals surface area contributed by atoms with E-state index in [1.54, 1.807) is 56.9 Å². The molecular weight excluding hydrogens is 1020 g/mol. The minimum absolute atomic E-state index is 0.0188. The summed E-state index contributed by atoms with van der Waals surface area (Å²) in [4.78, 5) is 83.6. The number of likely N-dealkylation sites (tertiary alicyclic amines) is 2. The van der Waals surface area contributed by atoms with E-state index in [9.17, 15) is 19.2 Å². The van der Waals surface area contributed by atoms with Crippen LogP contribution in [0.5, 0.6) is 0 Å². The molecule has 0 aliphatic carbocycles. The van der Waals surface area contributed by atoms with Gasteiger partial charge in [0.2, 0.25) is 23.4 Å². The molecule has 2 aliphatic heterocycles. The highest BCUT2D eigenvalue weighted by Crippen LogP contribution is 2.33. The van der Waals surface area contributed by atoms with Crippen LogP contribution in [0.15, 0.2) is 70.0 Å². The van der Waals surface area contributed by atoms with Crippen molar-refractivity contribution in [2.45, 2.75) is 105 Å². The summed E-state index contributed by atoms with van der Waals surface area (Å²) >= 11 is 2.27. The molecule has 2 aromatic carbocycles. The number of hydrogen-bond acceptors (Lipinski definition) is 20. The van der Waals surface area contributed by atoms with E-state index in [1.165, 1.54) is 4.90 Å². The summed E-state index contributed by atoms with van der Waals surface area (Å²) in [6.07, 6.45) is 5.05. The first kappa shape index (κ1) is 53.7. The monoisotopic (exact) mass is 1080 g/mol. The normalized spacial score (nSPS) is 15.6. The number of urea groups is 2. The van der Waals surface area contributed by atoms with Gasteiger partial charge in [0.1, 0.15) is 32.6 Å². The van der Waals surface area contributed by atoms with Crippen molar-refractivity contribution in [1.29, 1.82) is 0 Å². The van der Waals surface area contributed by atoms with Crippen molar-refractivity contribution >= 4 is 90.1 Å². The standard InChI is InChI=1S/C27H31N7O4S.C26H29N7O4S/c1-15-21(24(35)37-27(3,4)5)39-25(29-15)33(6)26(36)34-12-10-19(14-34)31-23-20-13-18(22-30-16(2)38-32-22)8-7-17(20)9-11-28-23;1-14-20(23(34)36-26(3,4)5)38-24(28-14)31-25(35)33-11-9-18(13-33)30-22-19-12-17(21-29-15(2)37-32-21)7-6-16(19)8-10-27-22/h7-9,11,13,19H,10,12,14H2,1-6H3,(H,28,31);6-8,10,12,18H,9,11,13H2,1-5H3,(H,27,30)(H,28,31,35)/t19-;18-/m00/s1. The summed E-state index contributed by atoms with van der Waals surface area (Å²) in [6.45, 7) is 20.0. The first-order chi connectivity index (χ1) is 36.5. The minimum atomic E-state index is -0.612. The Morgan fingerprint density at radius 2 is 1.13 bits per heavy atom. The Kier molecular flexibility index (Phi) is 15.2. The topological polar surface area (TPSA) is 262 Å². The first-order valence-corrected chi connectivity index (χ1v) is 26.6. The summed E-state index contributed by atoms with van der Waals surface area (Å²) in [5.74, 6) is 2.64. The predicted molar refractivity (Wildman–Crippen MR) is 294 cm³/mol. The fraction of sp³-hybridized carbons (Fsp3) is 0.396. The second-order valence-electron chi connectivity index (χ2n) is 20.7. The van der Waals surface area contributed by atoms with Gasteiger partial charge in [0.05, 0.1) is 11.4 Å². The minimum Gasteiger partial charge on any atom is -0.456 e. The number of esters is 2. The van der Waals surface area contributed by atoms with Crippen LogP contribution in [0.25, 0.3) is 44.3 Å². The van der Waals surface area contributed by atoms with Gasteiger partial charge < -0.3 is 39.0 Å². The Bertz CT molecular complexity index is 3500. The lowest BCUT2D eigenvalue weighted by Gasteiger charge is -2.23. The third kappa shape index (κ3) is 12.8. The fourth-order valence-corrected chi connectivity index (χ4v) is 10.4. The van der Waals surface area contributed by atoms with Crippen molar-refractivity contribution in [3.8, 4) is 22.8 Å². The zero-order valence-electron chi connectivity index (χ0n) is 44.7. The van der Waals surface area contributed by atoms with Gasteiger partial charge in [0.15, 0.2) is 10.3 Å². The van der Waals surface area contributed by atoms with Gasteiger partial charge in [0.25, 0.3) is 0 Å². The zero-order chi connectivity index (χ0) is 54.9. The van der Waals surface area contributed by atoms with Crippen LogP contribution in [0.2, 0.25) is 0 Å². The van der Waals surface area contributed by atoms with Crippen LogP contribution in [-0.2, 0) is 9.47 Å². The number of carbonyl (C=O) groups is 4. The third-order valence-corrected chi connectivity index (χ3v) is 14.5. The molecule has 3 N–H and O–H groups in total. The number of nitrogens with zero attached hydrogens (tertiary/aromatic N) is 11. The Hall–Kier alpha value is -8.12. The molecule has 10 rings (SSSR count). The number of aryl methyl sites for hydroxylation is 4. The Morgan fingerprint density at radius 3 is 1.62 bits per heavy atom. The third-order valence-electron chi connectivity index (χ3n) is 12.3. The molecule has 6 aromatic heterocycles.